The zero-order chi connectivity index (χ0) is 13.5. The summed E-state index contributed by atoms with van der Waals surface area (Å²) in [7, 11) is 0. The van der Waals surface area contributed by atoms with E-state index >= 15 is 0 Å². The van der Waals surface area contributed by atoms with Gasteiger partial charge in [0.1, 0.15) is 0 Å². The Morgan fingerprint density at radius 2 is 2.26 bits per heavy atom. The number of unbranched alkanes of at least 4 members (excludes halogenated alkanes) is 1. The first kappa shape index (κ1) is 15.3. The minimum Gasteiger partial charge on any atom is -0.303 e. The fraction of sp³-hybridized carbons (Fsp3) is 0.800. The van der Waals surface area contributed by atoms with E-state index < -0.39 is 0 Å². The van der Waals surface area contributed by atoms with Crippen LogP contribution in [0.3, 0.4) is 0 Å². The van der Waals surface area contributed by atoms with E-state index in [4.69, 9.17) is 11.6 Å². The Kier molecular flexibility index (Phi) is 6.62. The molecule has 0 amide bonds. The summed E-state index contributed by atoms with van der Waals surface area (Å²) in [6.45, 7) is 6.26. The highest BCUT2D eigenvalue weighted by atomic mass is 35.5. The molecule has 1 aliphatic rings. The van der Waals surface area contributed by atoms with Crippen LogP contribution in [0.15, 0.2) is 5.38 Å². The van der Waals surface area contributed by atoms with Gasteiger partial charge in [-0.3, -0.25) is 0 Å². The molecule has 2 heterocycles. The van der Waals surface area contributed by atoms with Gasteiger partial charge in [0.05, 0.1) is 16.6 Å². The molecule has 0 radical (unpaired) electrons. The molecular formula is C15H25ClN2S. The van der Waals surface area contributed by atoms with Crippen molar-refractivity contribution in [2.45, 2.75) is 51.3 Å². The van der Waals surface area contributed by atoms with Gasteiger partial charge in [-0.05, 0) is 64.1 Å². The van der Waals surface area contributed by atoms with Gasteiger partial charge in [-0.25, -0.2) is 4.98 Å². The van der Waals surface area contributed by atoms with Crippen LogP contribution in [0.25, 0.3) is 0 Å². The van der Waals surface area contributed by atoms with Crippen molar-refractivity contribution in [1.29, 1.82) is 0 Å². The maximum atomic E-state index is 5.77. The van der Waals surface area contributed by atoms with Gasteiger partial charge in [0, 0.05) is 5.38 Å². The van der Waals surface area contributed by atoms with Gasteiger partial charge < -0.3 is 4.90 Å². The summed E-state index contributed by atoms with van der Waals surface area (Å²) in [5, 5.41) is 3.33. The Bertz CT molecular complexity index is 367. The number of halogens is 1. The fourth-order valence-electron chi connectivity index (χ4n) is 2.68. The first-order valence-corrected chi connectivity index (χ1v) is 8.91. The van der Waals surface area contributed by atoms with Crippen LogP contribution < -0.4 is 0 Å². The predicted molar refractivity (Wildman–Crippen MR) is 84.1 cm³/mol. The molecular weight excluding hydrogens is 276 g/mol. The molecule has 1 aromatic heterocycles. The van der Waals surface area contributed by atoms with Gasteiger partial charge in [0.15, 0.2) is 0 Å². The first-order chi connectivity index (χ1) is 9.28. The summed E-state index contributed by atoms with van der Waals surface area (Å²) in [6.07, 6.45) is 7.84. The van der Waals surface area contributed by atoms with Crippen LogP contribution in [0.4, 0.5) is 0 Å². The summed E-state index contributed by atoms with van der Waals surface area (Å²) in [5.74, 6) is 1.47. The number of hydrogen-bond acceptors (Lipinski definition) is 3. The molecule has 0 aromatic carbocycles. The average Bonchev–Trinajstić information content (AvgIpc) is 2.78. The van der Waals surface area contributed by atoms with Gasteiger partial charge in [-0.15, -0.1) is 22.9 Å². The van der Waals surface area contributed by atoms with Crippen LogP contribution in [0, 0.1) is 5.92 Å². The highest BCUT2D eigenvalue weighted by Gasteiger charge is 2.13. The molecule has 0 aliphatic carbocycles. The van der Waals surface area contributed by atoms with E-state index in [0.717, 1.165) is 18.0 Å². The highest BCUT2D eigenvalue weighted by molar-refractivity contribution is 7.09. The molecule has 0 saturated carbocycles. The van der Waals surface area contributed by atoms with Gasteiger partial charge in [-0.2, -0.15) is 0 Å². The summed E-state index contributed by atoms with van der Waals surface area (Å²) < 4.78 is 0. The quantitative estimate of drug-likeness (QED) is 0.574. The summed E-state index contributed by atoms with van der Waals surface area (Å²) in [4.78, 5) is 7.16. The van der Waals surface area contributed by atoms with E-state index in [9.17, 15) is 0 Å². The van der Waals surface area contributed by atoms with Crippen molar-refractivity contribution in [2.75, 3.05) is 19.6 Å². The molecule has 0 bridgehead atoms. The number of hydrogen-bond donors (Lipinski definition) is 0. The van der Waals surface area contributed by atoms with Crippen molar-refractivity contribution < 1.29 is 0 Å². The topological polar surface area (TPSA) is 16.1 Å². The third kappa shape index (κ3) is 5.41. The van der Waals surface area contributed by atoms with Crippen molar-refractivity contribution in [3.63, 3.8) is 0 Å². The van der Waals surface area contributed by atoms with Gasteiger partial charge in [0.2, 0.25) is 0 Å². The maximum Gasteiger partial charge on any atom is 0.0928 e. The lowest BCUT2D eigenvalue weighted by Crippen LogP contribution is -2.26. The average molecular weight is 301 g/mol. The van der Waals surface area contributed by atoms with Gasteiger partial charge >= 0.3 is 0 Å². The second-order valence-corrected chi connectivity index (χ2v) is 6.91. The lowest BCUT2D eigenvalue weighted by Gasteiger charge is -2.19. The third-order valence-electron chi connectivity index (χ3n) is 3.96. The highest BCUT2D eigenvalue weighted by Crippen LogP contribution is 2.17. The number of nitrogens with zero attached hydrogens (tertiary/aromatic N) is 2. The number of rotatable bonds is 6. The van der Waals surface area contributed by atoms with Crippen LogP contribution in [0.5, 0.6) is 0 Å². The number of aryl methyl sites for hydroxylation is 1. The maximum absolute atomic E-state index is 5.77. The van der Waals surface area contributed by atoms with Crippen molar-refractivity contribution >= 4 is 22.9 Å². The Hall–Kier alpha value is -0.120. The molecule has 2 rings (SSSR count). The van der Waals surface area contributed by atoms with Crippen molar-refractivity contribution in [3.8, 4) is 0 Å². The molecule has 1 atom stereocenters. The normalized spacial score (nSPS) is 21.5. The van der Waals surface area contributed by atoms with E-state index in [1.807, 2.05) is 0 Å². The molecule has 19 heavy (non-hydrogen) atoms. The predicted octanol–water partition coefficient (Wildman–Crippen LogP) is 4.33. The Morgan fingerprint density at radius 1 is 1.37 bits per heavy atom. The molecule has 0 spiro atoms. The van der Waals surface area contributed by atoms with E-state index in [2.05, 4.69) is 22.2 Å². The van der Waals surface area contributed by atoms with Crippen molar-refractivity contribution in [2.24, 2.45) is 5.92 Å². The number of likely N-dealkylation sites (tertiary alicyclic amines) is 1. The van der Waals surface area contributed by atoms with E-state index in [0.29, 0.717) is 5.88 Å². The number of aromatic nitrogens is 1. The lowest BCUT2D eigenvalue weighted by molar-refractivity contribution is 0.276. The van der Waals surface area contributed by atoms with Crippen molar-refractivity contribution in [3.05, 3.63) is 16.1 Å². The van der Waals surface area contributed by atoms with Crippen LogP contribution in [-0.2, 0) is 12.3 Å². The monoisotopic (exact) mass is 300 g/mol. The molecule has 2 nitrogen and oxygen atoms in total. The van der Waals surface area contributed by atoms with Gasteiger partial charge in [0.25, 0.3) is 0 Å². The summed E-state index contributed by atoms with van der Waals surface area (Å²) in [6, 6.07) is 0. The van der Waals surface area contributed by atoms with Crippen LogP contribution in [-0.4, -0.2) is 29.5 Å². The van der Waals surface area contributed by atoms with E-state index in [1.165, 1.54) is 56.7 Å². The molecule has 4 heteroatoms. The van der Waals surface area contributed by atoms with Gasteiger partial charge in [-0.1, -0.05) is 6.92 Å². The molecule has 1 unspecified atom stereocenters. The first-order valence-electron chi connectivity index (χ1n) is 7.49. The fourth-order valence-corrected chi connectivity index (χ4v) is 3.75. The Morgan fingerprint density at radius 3 is 3.05 bits per heavy atom. The summed E-state index contributed by atoms with van der Waals surface area (Å²) in [5.41, 5.74) is 1.03. The van der Waals surface area contributed by atoms with Crippen LogP contribution in [0.2, 0.25) is 0 Å². The lowest BCUT2D eigenvalue weighted by atomic mass is 10.0. The second-order valence-electron chi connectivity index (χ2n) is 5.70. The zero-order valence-electron chi connectivity index (χ0n) is 11.9. The molecule has 1 saturated heterocycles. The number of alkyl halides is 1. The van der Waals surface area contributed by atoms with Crippen LogP contribution in [0.1, 0.15) is 49.7 Å². The SMILES string of the molecule is CC1CCCN(CCCCc2nc(CCl)cs2)CC1. The van der Waals surface area contributed by atoms with Crippen molar-refractivity contribution in [1.82, 2.24) is 9.88 Å². The smallest absolute Gasteiger partial charge is 0.0928 e. The largest absolute Gasteiger partial charge is 0.303 e. The standard InChI is InChI=1S/C15H25ClN2S/c1-13-5-4-9-18(10-7-13)8-3-2-6-15-17-14(11-16)12-19-15/h12-13H,2-11H2,1H3. The van der Waals surface area contributed by atoms with E-state index in [-0.39, 0.29) is 0 Å². The minimum atomic E-state index is 0.544. The third-order valence-corrected chi connectivity index (χ3v) is 5.19. The number of thiazole rings is 1. The van der Waals surface area contributed by atoms with E-state index in [1.54, 1.807) is 11.3 Å². The minimum absolute atomic E-state index is 0.544. The second kappa shape index (κ2) is 8.23. The Balaban J connectivity index is 1.61. The molecule has 1 aromatic rings. The van der Waals surface area contributed by atoms with Crippen LogP contribution >= 0.6 is 22.9 Å². The summed E-state index contributed by atoms with van der Waals surface area (Å²) >= 11 is 7.52. The molecule has 1 aliphatic heterocycles. The zero-order valence-corrected chi connectivity index (χ0v) is 13.5. The molecule has 0 N–H and O–H groups in total. The Labute approximate surface area is 126 Å². The molecule has 1 fully saturated rings. The molecule has 108 valence electrons.